The molecule has 4 aromatic heterocycles. The van der Waals surface area contributed by atoms with Gasteiger partial charge in [-0.05, 0) is 155 Å². The van der Waals surface area contributed by atoms with Gasteiger partial charge in [0.2, 0.25) is 21.7 Å². The number of nitrogens with zero attached hydrogens (tertiary/aromatic N) is 12. The molecule has 6 aromatic rings. The predicted octanol–water partition coefficient (Wildman–Crippen LogP) is 10.4. The Kier molecular flexibility index (Phi) is 22.6. The third-order valence-corrected chi connectivity index (χ3v) is 17.2. The molecule has 0 unspecified atom stereocenters. The maximum Gasteiger partial charge on any atom is 0.410 e. The lowest BCUT2D eigenvalue weighted by atomic mass is 9.90. The molecular weight excluding hydrogens is 1170 g/mol. The molecule has 24 nitrogen and oxygen atoms in total. The van der Waals surface area contributed by atoms with Crippen LogP contribution in [0.5, 0.6) is 6.01 Å². The van der Waals surface area contributed by atoms with Gasteiger partial charge in [-0.15, -0.1) is 0 Å². The normalized spacial score (nSPS) is 17.2. The molecule has 4 aliphatic heterocycles. The molecule has 0 spiro atoms. The van der Waals surface area contributed by atoms with Crippen molar-refractivity contribution >= 4 is 68.2 Å². The molecule has 3 N–H and O–H groups in total. The van der Waals surface area contributed by atoms with Gasteiger partial charge in [-0.25, -0.2) is 18.0 Å². The molecule has 10 rings (SSSR count). The number of ether oxygens (including phenoxy) is 3. The van der Waals surface area contributed by atoms with Gasteiger partial charge in [0.1, 0.15) is 17.3 Å². The lowest BCUT2D eigenvalue weighted by Gasteiger charge is -2.33. The van der Waals surface area contributed by atoms with Crippen LogP contribution in [0.25, 0.3) is 11.3 Å². The highest BCUT2D eigenvalue weighted by molar-refractivity contribution is 7.90. The van der Waals surface area contributed by atoms with Crippen LogP contribution in [0.3, 0.4) is 0 Å². The number of nitrogens with one attached hydrogen (secondary N) is 2. The van der Waals surface area contributed by atoms with Crippen LogP contribution in [-0.4, -0.2) is 192 Å². The van der Waals surface area contributed by atoms with Crippen LogP contribution in [0.4, 0.5) is 32.9 Å². The number of amides is 2. The molecule has 0 saturated carbocycles. The van der Waals surface area contributed by atoms with Crippen molar-refractivity contribution < 1.29 is 46.9 Å². The smallest absolute Gasteiger partial charge is 0.410 e. The Labute approximate surface area is 529 Å². The van der Waals surface area contributed by atoms with E-state index in [1.165, 1.54) is 4.52 Å². The Hall–Kier alpha value is -7.35. The molecule has 0 radical (unpaired) electrons. The number of fused-ring (bicyclic) bond motifs is 2. The maximum atomic E-state index is 13.3. The second kappa shape index (κ2) is 29.7. The SMILES string of the molecule is CC(C)c1cnn2c(Nc3cccc(C(=O)CC4CCN(C(=O)OC(C)(C)C)CC4)c3)nc(OC3CCN(C)CC3)nc12.CC(C)c1cnn2c(Nc3cccc(C(=O)CC4CCN(C(=O)OC(C)(C)C)CC4)c3)nc(S(C)(=O)=O)nc12.CN1CCC(O)CC1. The first-order valence-electron chi connectivity index (χ1n) is 31.6. The molecule has 8 heterocycles. The van der Waals surface area contributed by atoms with Crippen molar-refractivity contribution in [2.45, 2.75) is 174 Å². The van der Waals surface area contributed by atoms with Crippen molar-refractivity contribution in [1.82, 2.24) is 58.8 Å². The van der Waals surface area contributed by atoms with Gasteiger partial charge < -0.3 is 49.6 Å². The standard InChI is InChI=1S/C32H45N7O4.C27H36N6O5S.C6H13NO/c1-21(2)26-20-33-39-28(26)35-30(42-25-12-14-37(6)15-13-25)36-29(39)34-24-9-7-8-23(19-24)27(40)18-22-10-16-38(17-11-22)31(41)43-32(3,4)5;1-17(2)21-16-28-33-23(21)30-25(39(6,36)37)31-24(33)29-20-9-7-8-19(15-20)22(34)14-18-10-12-32(13-11-18)26(35)38-27(3,4)5;1-7-4-2-6(8)3-5-7/h7-9,19-22,25H,10-18H2,1-6H3,(H,34,35,36);7-9,15-18H,10-14H2,1-6H3,(H,29,30,31);6,8H,2-5H2,1H3. The highest BCUT2D eigenvalue weighted by atomic mass is 32.2. The highest BCUT2D eigenvalue weighted by Gasteiger charge is 2.31. The quantitative estimate of drug-likeness (QED) is 0.0806. The number of hydrogen-bond donors (Lipinski definition) is 3. The van der Waals surface area contributed by atoms with Crippen LogP contribution in [0, 0.1) is 11.8 Å². The van der Waals surface area contributed by atoms with Crippen molar-refractivity contribution in [3.63, 3.8) is 0 Å². The zero-order valence-electron chi connectivity index (χ0n) is 54.9. The average Bonchev–Trinajstić information content (AvgIpc) is 1.61. The van der Waals surface area contributed by atoms with Gasteiger partial charge in [0.05, 0.1) is 18.5 Å². The summed E-state index contributed by atoms with van der Waals surface area (Å²) in [5, 5.41) is 24.1. The van der Waals surface area contributed by atoms with Crippen LogP contribution < -0.4 is 15.4 Å². The van der Waals surface area contributed by atoms with Crippen molar-refractivity contribution in [1.29, 1.82) is 0 Å². The third-order valence-electron chi connectivity index (χ3n) is 16.3. The fraction of sp³-hybridized carbons (Fsp3) is 0.600. The number of benzene rings is 2. The van der Waals surface area contributed by atoms with Crippen LogP contribution >= 0.6 is 0 Å². The number of ketones is 2. The number of Topliss-reactive ketones (excluding diaryl/α,β-unsaturated/α-hetero) is 2. The van der Waals surface area contributed by atoms with E-state index in [4.69, 9.17) is 29.3 Å². The van der Waals surface area contributed by atoms with Gasteiger partial charge in [0.15, 0.2) is 22.9 Å². The minimum absolute atomic E-state index is 0.000195. The van der Waals surface area contributed by atoms with E-state index in [1.807, 2.05) is 85.9 Å². The van der Waals surface area contributed by atoms with Gasteiger partial charge in [-0.1, -0.05) is 52.0 Å². The third kappa shape index (κ3) is 19.3. The second-order valence-electron chi connectivity index (χ2n) is 27.1. The fourth-order valence-corrected chi connectivity index (χ4v) is 11.5. The van der Waals surface area contributed by atoms with E-state index < -0.39 is 21.0 Å². The molecule has 2 aromatic carbocycles. The molecule has 0 aliphatic carbocycles. The zero-order valence-corrected chi connectivity index (χ0v) is 55.7. The summed E-state index contributed by atoms with van der Waals surface area (Å²) < 4.78 is 45.0. The van der Waals surface area contributed by atoms with E-state index in [2.05, 4.69) is 68.5 Å². The van der Waals surface area contributed by atoms with E-state index >= 15 is 0 Å². The number of rotatable bonds is 15. The average molecular weight is 1260 g/mol. The summed E-state index contributed by atoms with van der Waals surface area (Å²) in [6.07, 6.45) is 11.6. The van der Waals surface area contributed by atoms with E-state index in [-0.39, 0.29) is 70.7 Å². The highest BCUT2D eigenvalue weighted by Crippen LogP contribution is 2.31. The molecule has 490 valence electrons. The van der Waals surface area contributed by atoms with Gasteiger partial charge in [0.25, 0.3) is 5.16 Å². The van der Waals surface area contributed by atoms with Crippen LogP contribution in [0.15, 0.2) is 66.1 Å². The molecule has 4 fully saturated rings. The van der Waals surface area contributed by atoms with E-state index in [9.17, 15) is 27.6 Å². The minimum Gasteiger partial charge on any atom is -0.460 e. The van der Waals surface area contributed by atoms with Crippen LogP contribution in [0.2, 0.25) is 0 Å². The Bertz CT molecular complexity index is 3540. The largest absolute Gasteiger partial charge is 0.460 e. The Balaban J connectivity index is 0.000000207. The molecule has 0 atom stereocenters. The number of likely N-dealkylation sites (tertiary alicyclic amines) is 4. The maximum absolute atomic E-state index is 13.3. The molecule has 4 aliphatic rings. The lowest BCUT2D eigenvalue weighted by molar-refractivity contribution is 0.0171. The van der Waals surface area contributed by atoms with Crippen molar-refractivity contribution in [3.05, 3.63) is 83.2 Å². The molecule has 0 bridgehead atoms. The number of aliphatic hydroxyl groups is 1. The summed E-state index contributed by atoms with van der Waals surface area (Å²) in [5.41, 5.74) is 4.35. The summed E-state index contributed by atoms with van der Waals surface area (Å²) in [6, 6.07) is 14.8. The molecule has 25 heteroatoms. The number of piperidine rings is 4. The second-order valence-corrected chi connectivity index (χ2v) is 29.0. The number of aromatic nitrogens is 8. The topological polar surface area (TPSA) is 274 Å². The van der Waals surface area contributed by atoms with Gasteiger partial charge in [0, 0.05) is 105 Å². The first-order chi connectivity index (χ1) is 42.4. The summed E-state index contributed by atoms with van der Waals surface area (Å²) in [6.45, 7) is 25.7. The minimum atomic E-state index is -3.68. The van der Waals surface area contributed by atoms with Crippen LogP contribution in [0.1, 0.15) is 177 Å². The number of sulfone groups is 1. The number of anilines is 4. The number of aliphatic hydroxyl groups excluding tert-OH is 1. The fourth-order valence-electron chi connectivity index (χ4n) is 11.0. The van der Waals surface area contributed by atoms with E-state index in [0.717, 1.165) is 101 Å². The predicted molar refractivity (Wildman–Crippen MR) is 345 cm³/mol. The Morgan fingerprint density at radius 1 is 0.589 bits per heavy atom. The molecular formula is C65H94N14O10S. The number of carbonyl (C=O) groups excluding carboxylic acids is 4. The van der Waals surface area contributed by atoms with Crippen molar-refractivity contribution in [2.24, 2.45) is 11.8 Å². The van der Waals surface area contributed by atoms with Gasteiger partial charge >= 0.3 is 18.2 Å². The first kappa shape index (κ1) is 68.6. The van der Waals surface area contributed by atoms with Crippen molar-refractivity contribution in [3.8, 4) is 6.01 Å². The zero-order chi connectivity index (χ0) is 65.2. The Morgan fingerprint density at radius 2 is 1.00 bits per heavy atom. The summed E-state index contributed by atoms with van der Waals surface area (Å²) in [7, 11) is 0.535. The van der Waals surface area contributed by atoms with Gasteiger partial charge in [-0.3, -0.25) is 9.59 Å². The number of carbonyl (C=O) groups is 4. The van der Waals surface area contributed by atoms with E-state index in [0.29, 0.717) is 79.1 Å². The van der Waals surface area contributed by atoms with E-state index in [1.54, 1.807) is 44.8 Å². The van der Waals surface area contributed by atoms with Crippen molar-refractivity contribution in [2.75, 3.05) is 83.3 Å². The monoisotopic (exact) mass is 1260 g/mol. The first-order valence-corrected chi connectivity index (χ1v) is 33.5. The molecule has 90 heavy (non-hydrogen) atoms. The van der Waals surface area contributed by atoms with Crippen LogP contribution in [-0.2, 0) is 19.3 Å². The van der Waals surface area contributed by atoms with Gasteiger partial charge in [-0.2, -0.15) is 39.2 Å². The Morgan fingerprint density at radius 3 is 1.40 bits per heavy atom. The summed E-state index contributed by atoms with van der Waals surface area (Å²) in [5.74, 6) is 1.46. The lowest BCUT2D eigenvalue weighted by Crippen LogP contribution is -2.42. The molecule has 2 amide bonds. The summed E-state index contributed by atoms with van der Waals surface area (Å²) in [4.78, 5) is 77.1. The molecule has 4 saturated heterocycles. The number of hydrogen-bond acceptors (Lipinski definition) is 20. The summed E-state index contributed by atoms with van der Waals surface area (Å²) >= 11 is 0.